The Hall–Kier alpha value is -2.23. The van der Waals surface area contributed by atoms with Crippen LogP contribution in [0.5, 0.6) is 0 Å². The summed E-state index contributed by atoms with van der Waals surface area (Å²) in [6, 6.07) is -4.51. The molecule has 3 amide bonds. The van der Waals surface area contributed by atoms with E-state index >= 15 is 0 Å². The van der Waals surface area contributed by atoms with Crippen LogP contribution in [0.15, 0.2) is 0 Å². The molecule has 0 saturated heterocycles. The van der Waals surface area contributed by atoms with Gasteiger partial charge in [0.15, 0.2) is 6.04 Å². The van der Waals surface area contributed by atoms with Crippen molar-refractivity contribution in [2.24, 2.45) is 5.73 Å². The van der Waals surface area contributed by atoms with E-state index in [1.807, 2.05) is 5.32 Å². The number of carboxylic acid groups (broad SMARTS) is 1. The number of alkyl halides is 1. The number of carbonyl (C=O) groups excluding carboxylic acids is 3. The zero-order valence-corrected chi connectivity index (χ0v) is 12.6. The predicted octanol–water partition coefficient (Wildman–Crippen LogP) is -2.12. The lowest BCUT2D eigenvalue weighted by atomic mass is 10.2. The van der Waals surface area contributed by atoms with Gasteiger partial charge in [-0.05, 0) is 20.8 Å². The van der Waals surface area contributed by atoms with Crippen molar-refractivity contribution in [3.05, 3.63) is 0 Å². The topological polar surface area (TPSA) is 151 Å². The Morgan fingerprint density at radius 2 is 1.36 bits per heavy atom. The van der Waals surface area contributed by atoms with E-state index in [-0.39, 0.29) is 0 Å². The number of rotatable bonds is 8. The molecular weight excluding hydrogens is 299 g/mol. The molecule has 0 aromatic carbocycles. The van der Waals surface area contributed by atoms with Crippen molar-refractivity contribution in [1.29, 1.82) is 0 Å². The standard InChI is InChI=1S/C12H21FN4O5/c1-5(14)9(18)15-6(2)10(19)16-7(3)11(20)17-8(4-13)12(21)22/h5-8H,4,14H2,1-3H3,(H,15,18)(H,16,19)(H,17,20)(H,21,22). The van der Waals surface area contributed by atoms with Crippen molar-refractivity contribution in [3.8, 4) is 0 Å². The van der Waals surface area contributed by atoms with Gasteiger partial charge in [-0.15, -0.1) is 0 Å². The van der Waals surface area contributed by atoms with Crippen molar-refractivity contribution >= 4 is 23.7 Å². The third kappa shape index (κ3) is 6.48. The van der Waals surface area contributed by atoms with Gasteiger partial charge in [0, 0.05) is 0 Å². The number of nitrogens with one attached hydrogen (secondary N) is 3. The first-order valence-corrected chi connectivity index (χ1v) is 6.55. The van der Waals surface area contributed by atoms with Crippen LogP contribution < -0.4 is 21.7 Å². The van der Waals surface area contributed by atoms with Gasteiger partial charge in [0.1, 0.15) is 18.8 Å². The van der Waals surface area contributed by atoms with E-state index in [0.29, 0.717) is 0 Å². The molecule has 10 heteroatoms. The van der Waals surface area contributed by atoms with Gasteiger partial charge < -0.3 is 26.8 Å². The van der Waals surface area contributed by atoms with Crippen LogP contribution in [0.25, 0.3) is 0 Å². The number of carbonyl (C=O) groups is 4. The van der Waals surface area contributed by atoms with Gasteiger partial charge in [-0.3, -0.25) is 14.4 Å². The minimum absolute atomic E-state index is 0.539. The van der Waals surface area contributed by atoms with Crippen LogP contribution in [0.4, 0.5) is 4.39 Å². The van der Waals surface area contributed by atoms with E-state index in [2.05, 4.69) is 10.6 Å². The Morgan fingerprint density at radius 3 is 1.73 bits per heavy atom. The molecule has 0 aromatic heterocycles. The molecule has 0 saturated carbocycles. The number of aliphatic carboxylic acids is 1. The van der Waals surface area contributed by atoms with Crippen LogP contribution in [0.1, 0.15) is 20.8 Å². The quantitative estimate of drug-likeness (QED) is 0.345. The Balaban J connectivity index is 4.48. The largest absolute Gasteiger partial charge is 0.480 e. The van der Waals surface area contributed by atoms with Gasteiger partial charge in [0.2, 0.25) is 17.7 Å². The lowest BCUT2D eigenvalue weighted by Crippen LogP contribution is -2.55. The fourth-order valence-electron chi connectivity index (χ4n) is 1.28. The molecular formula is C12H21FN4O5. The lowest BCUT2D eigenvalue weighted by molar-refractivity contribution is -0.142. The van der Waals surface area contributed by atoms with Gasteiger partial charge in [0.05, 0.1) is 6.04 Å². The van der Waals surface area contributed by atoms with Gasteiger partial charge >= 0.3 is 5.97 Å². The van der Waals surface area contributed by atoms with E-state index < -0.39 is 54.5 Å². The van der Waals surface area contributed by atoms with Gasteiger partial charge in [-0.2, -0.15) is 0 Å². The highest BCUT2D eigenvalue weighted by Gasteiger charge is 2.25. The highest BCUT2D eigenvalue weighted by molar-refractivity contribution is 5.93. The maximum Gasteiger partial charge on any atom is 0.328 e. The second-order valence-corrected chi connectivity index (χ2v) is 4.80. The minimum atomic E-state index is -1.68. The summed E-state index contributed by atoms with van der Waals surface area (Å²) in [5.41, 5.74) is 5.33. The molecule has 0 spiro atoms. The molecule has 0 aromatic rings. The normalized spacial score (nSPS) is 15.9. The summed E-state index contributed by atoms with van der Waals surface area (Å²) in [4.78, 5) is 45.3. The van der Waals surface area contributed by atoms with Crippen LogP contribution in [-0.4, -0.2) is 59.6 Å². The fourth-order valence-corrected chi connectivity index (χ4v) is 1.28. The number of hydrogen-bond donors (Lipinski definition) is 5. The molecule has 0 radical (unpaired) electrons. The summed E-state index contributed by atoms with van der Waals surface area (Å²) in [5, 5.41) is 15.2. The number of carboxylic acids is 1. The Bertz CT molecular complexity index is 443. The first kappa shape index (κ1) is 19.8. The number of hydrogen-bond acceptors (Lipinski definition) is 5. The Labute approximate surface area is 126 Å². The van der Waals surface area contributed by atoms with Crippen molar-refractivity contribution in [1.82, 2.24) is 16.0 Å². The first-order chi connectivity index (χ1) is 10.1. The van der Waals surface area contributed by atoms with Crippen LogP contribution in [-0.2, 0) is 19.2 Å². The molecule has 126 valence electrons. The zero-order chi connectivity index (χ0) is 17.4. The van der Waals surface area contributed by atoms with Crippen molar-refractivity contribution < 1.29 is 28.7 Å². The number of nitrogens with two attached hydrogens (primary N) is 1. The summed E-state index contributed by atoms with van der Waals surface area (Å²) >= 11 is 0. The summed E-state index contributed by atoms with van der Waals surface area (Å²) in [5.74, 6) is -3.58. The molecule has 9 nitrogen and oxygen atoms in total. The second kappa shape index (κ2) is 8.93. The minimum Gasteiger partial charge on any atom is -0.480 e. The molecule has 0 fully saturated rings. The molecule has 0 aliphatic rings. The van der Waals surface area contributed by atoms with Crippen LogP contribution in [0.2, 0.25) is 0 Å². The van der Waals surface area contributed by atoms with E-state index in [9.17, 15) is 23.6 Å². The summed E-state index contributed by atoms with van der Waals surface area (Å²) in [6.07, 6.45) is 0. The molecule has 0 aliphatic heterocycles. The van der Waals surface area contributed by atoms with Crippen LogP contribution >= 0.6 is 0 Å². The van der Waals surface area contributed by atoms with Crippen LogP contribution in [0, 0.1) is 0 Å². The van der Waals surface area contributed by atoms with Crippen molar-refractivity contribution in [2.45, 2.75) is 44.9 Å². The average molecular weight is 320 g/mol. The summed E-state index contributed by atoms with van der Waals surface area (Å²) in [7, 11) is 0. The molecule has 0 aliphatic carbocycles. The highest BCUT2D eigenvalue weighted by atomic mass is 19.1. The van der Waals surface area contributed by atoms with E-state index in [0.717, 1.165) is 0 Å². The summed E-state index contributed by atoms with van der Waals surface area (Å²) < 4.78 is 12.4. The average Bonchev–Trinajstić information content (AvgIpc) is 2.43. The van der Waals surface area contributed by atoms with Gasteiger partial charge in [0.25, 0.3) is 0 Å². The third-order valence-electron chi connectivity index (χ3n) is 2.69. The molecule has 4 atom stereocenters. The van der Waals surface area contributed by atoms with E-state index in [1.54, 1.807) is 0 Å². The Kier molecular flexibility index (Phi) is 8.02. The SMILES string of the molecule is CC(N)C(=O)NC(C)C(=O)NC(C)C(=O)NC(CF)C(=O)O. The van der Waals surface area contributed by atoms with Crippen molar-refractivity contribution in [2.75, 3.05) is 6.67 Å². The molecule has 0 bridgehead atoms. The van der Waals surface area contributed by atoms with E-state index in [4.69, 9.17) is 10.8 Å². The smallest absolute Gasteiger partial charge is 0.328 e. The van der Waals surface area contributed by atoms with Crippen LogP contribution in [0.3, 0.4) is 0 Å². The maximum atomic E-state index is 12.4. The summed E-state index contributed by atoms with van der Waals surface area (Å²) in [6.45, 7) is 2.86. The molecule has 0 rings (SSSR count). The first-order valence-electron chi connectivity index (χ1n) is 6.55. The Morgan fingerprint density at radius 1 is 0.955 bits per heavy atom. The fraction of sp³-hybridized carbons (Fsp3) is 0.667. The van der Waals surface area contributed by atoms with Crippen molar-refractivity contribution in [3.63, 3.8) is 0 Å². The zero-order valence-electron chi connectivity index (χ0n) is 12.6. The molecule has 0 heterocycles. The molecule has 6 N–H and O–H groups in total. The predicted molar refractivity (Wildman–Crippen MR) is 74.4 cm³/mol. The van der Waals surface area contributed by atoms with E-state index in [1.165, 1.54) is 20.8 Å². The van der Waals surface area contributed by atoms with Gasteiger partial charge in [-0.25, -0.2) is 9.18 Å². The lowest BCUT2D eigenvalue weighted by Gasteiger charge is -2.20. The van der Waals surface area contributed by atoms with Gasteiger partial charge in [-0.1, -0.05) is 0 Å². The highest BCUT2D eigenvalue weighted by Crippen LogP contribution is 1.92. The number of amides is 3. The second-order valence-electron chi connectivity index (χ2n) is 4.80. The third-order valence-corrected chi connectivity index (χ3v) is 2.69. The molecule has 4 unspecified atom stereocenters. The monoisotopic (exact) mass is 320 g/mol. The molecule has 22 heavy (non-hydrogen) atoms. The maximum absolute atomic E-state index is 12.4. The number of halogens is 1.